The maximum absolute atomic E-state index is 13.2. The van der Waals surface area contributed by atoms with Gasteiger partial charge in [-0.05, 0) is 36.4 Å². The quantitative estimate of drug-likeness (QED) is 0.279. The van der Waals surface area contributed by atoms with E-state index in [-0.39, 0.29) is 54.2 Å². The number of aliphatic hydroxyl groups is 1. The average Bonchev–Trinajstić information content (AvgIpc) is 3.53. The molecule has 42 heavy (non-hydrogen) atoms. The number of alkyl halides is 3. The van der Waals surface area contributed by atoms with E-state index in [0.717, 1.165) is 4.68 Å². The number of amides is 1. The first-order valence-corrected chi connectivity index (χ1v) is 14.7. The number of carbonyl (C=O) groups excluding carboxylic acids is 1. The molecule has 13 nitrogen and oxygen atoms in total. The normalized spacial score (nSPS) is 16.8. The molecule has 0 spiro atoms. The molecular formula is C24H24ClF3N8O5S. The summed E-state index contributed by atoms with van der Waals surface area (Å²) in [6, 6.07) is 9.07. The molecule has 1 amide bonds. The van der Waals surface area contributed by atoms with Crippen LogP contribution in [-0.2, 0) is 13.1 Å². The Kier molecular flexibility index (Phi) is 8.13. The minimum absolute atomic E-state index is 0.0416. The molecule has 0 saturated carbocycles. The van der Waals surface area contributed by atoms with Gasteiger partial charge in [-0.1, -0.05) is 11.6 Å². The van der Waals surface area contributed by atoms with Crippen molar-refractivity contribution >= 4 is 28.1 Å². The topological polar surface area (TPSA) is 164 Å². The summed E-state index contributed by atoms with van der Waals surface area (Å²) in [4.78, 5) is 36.1. The third-order valence-corrected chi connectivity index (χ3v) is 8.41. The molecule has 1 aliphatic rings. The van der Waals surface area contributed by atoms with Crippen LogP contribution in [0.4, 0.5) is 13.2 Å². The Hall–Kier alpha value is -3.77. The number of rotatable bonds is 7. The van der Waals surface area contributed by atoms with Crippen molar-refractivity contribution in [1.29, 1.82) is 0 Å². The van der Waals surface area contributed by atoms with Crippen LogP contribution in [0.2, 0.25) is 5.02 Å². The van der Waals surface area contributed by atoms with Crippen molar-refractivity contribution in [2.75, 3.05) is 24.6 Å². The van der Waals surface area contributed by atoms with Gasteiger partial charge < -0.3 is 10.0 Å². The fraction of sp³-hybridized carbons (Fsp3) is 0.333. The lowest BCUT2D eigenvalue weighted by Gasteiger charge is -2.40. The first-order chi connectivity index (χ1) is 19.8. The molecule has 0 aliphatic carbocycles. The zero-order valence-electron chi connectivity index (χ0n) is 21.6. The van der Waals surface area contributed by atoms with Crippen molar-refractivity contribution in [2.24, 2.45) is 0 Å². The molecule has 1 atom stereocenters. The van der Waals surface area contributed by atoms with Crippen molar-refractivity contribution in [2.45, 2.75) is 25.4 Å². The molecule has 3 N–H and O–H groups in total. The van der Waals surface area contributed by atoms with Crippen molar-refractivity contribution in [3.63, 3.8) is 0 Å². The monoisotopic (exact) mass is 628 g/mol. The van der Waals surface area contributed by atoms with Gasteiger partial charge >= 0.3 is 11.9 Å². The smallest absolute Gasteiger partial charge is 0.382 e. The highest BCUT2D eigenvalue weighted by Crippen LogP contribution is 2.40. The Labute approximate surface area is 242 Å². The van der Waals surface area contributed by atoms with Crippen molar-refractivity contribution in [3.05, 3.63) is 75.9 Å². The van der Waals surface area contributed by atoms with Gasteiger partial charge in [0, 0.05) is 29.9 Å². The van der Waals surface area contributed by atoms with E-state index in [2.05, 4.69) is 20.2 Å². The first kappa shape index (κ1) is 29.7. The molecule has 4 aromatic rings. The van der Waals surface area contributed by atoms with Crippen LogP contribution >= 0.6 is 22.2 Å². The molecule has 1 fully saturated rings. The third-order valence-electron chi connectivity index (χ3n) is 6.49. The minimum Gasteiger partial charge on any atom is -0.382 e. The summed E-state index contributed by atoms with van der Waals surface area (Å²) in [6.07, 6.45) is -5.07. The lowest BCUT2D eigenvalue weighted by atomic mass is 10.2. The molecule has 4 heterocycles. The van der Waals surface area contributed by atoms with E-state index in [9.17, 15) is 37.0 Å². The molecule has 1 saturated heterocycles. The Morgan fingerprint density at radius 1 is 1.07 bits per heavy atom. The van der Waals surface area contributed by atoms with E-state index in [0.29, 0.717) is 15.2 Å². The zero-order chi connectivity index (χ0) is 30.2. The zero-order valence-corrected chi connectivity index (χ0v) is 23.2. The van der Waals surface area contributed by atoms with Gasteiger partial charge in [0.25, 0.3) is 5.91 Å². The van der Waals surface area contributed by atoms with Crippen LogP contribution in [0.15, 0.2) is 53.7 Å². The van der Waals surface area contributed by atoms with Gasteiger partial charge in [0.05, 0.1) is 23.7 Å². The maximum Gasteiger partial charge on any atom is 0.416 e. The van der Waals surface area contributed by atoms with Gasteiger partial charge in [0.1, 0.15) is 12.9 Å². The van der Waals surface area contributed by atoms with Gasteiger partial charge in [-0.3, -0.25) is 18.5 Å². The van der Waals surface area contributed by atoms with Crippen LogP contribution in [0.5, 0.6) is 0 Å². The molecule has 0 radical (unpaired) electrons. The van der Waals surface area contributed by atoms with E-state index in [1.54, 1.807) is 12.1 Å². The summed E-state index contributed by atoms with van der Waals surface area (Å²) in [6.45, 7) is -1.14. The largest absolute Gasteiger partial charge is 0.416 e. The van der Waals surface area contributed by atoms with E-state index in [1.807, 2.05) is 0 Å². The fourth-order valence-corrected chi connectivity index (χ4v) is 5.60. The summed E-state index contributed by atoms with van der Waals surface area (Å²) < 4.78 is 61.9. The summed E-state index contributed by atoms with van der Waals surface area (Å²) in [5.41, 5.74) is -0.333. The Morgan fingerprint density at radius 3 is 2.43 bits per heavy atom. The predicted molar refractivity (Wildman–Crippen MR) is 146 cm³/mol. The van der Waals surface area contributed by atoms with E-state index < -0.39 is 41.0 Å². The predicted octanol–water partition coefficient (Wildman–Crippen LogP) is 2.52. The van der Waals surface area contributed by atoms with E-state index in [4.69, 9.17) is 11.6 Å². The van der Waals surface area contributed by atoms with Crippen LogP contribution in [0.3, 0.4) is 0 Å². The summed E-state index contributed by atoms with van der Waals surface area (Å²) in [7, 11) is -2.71. The van der Waals surface area contributed by atoms with Crippen molar-refractivity contribution in [1.82, 2.24) is 39.0 Å². The van der Waals surface area contributed by atoms with Gasteiger partial charge in [-0.25, -0.2) is 24.1 Å². The Balaban J connectivity index is 1.43. The Morgan fingerprint density at radius 2 is 1.76 bits per heavy atom. The second-order valence-electron chi connectivity index (χ2n) is 9.42. The van der Waals surface area contributed by atoms with Gasteiger partial charge in [-0.15, -0.1) is 10.2 Å². The highest BCUT2D eigenvalue weighted by atomic mass is 35.5. The van der Waals surface area contributed by atoms with Gasteiger partial charge in [0.2, 0.25) is 0 Å². The number of pyridine rings is 1. The fourth-order valence-electron chi connectivity index (χ4n) is 4.24. The number of hydrogen-bond donors (Lipinski definition) is 3. The Bertz CT molecular complexity index is 1650. The first-order valence-electron chi connectivity index (χ1n) is 12.4. The summed E-state index contributed by atoms with van der Waals surface area (Å²) >= 11 is 5.92. The van der Waals surface area contributed by atoms with E-state index >= 15 is 0 Å². The van der Waals surface area contributed by atoms with Crippen LogP contribution in [-0.4, -0.2) is 96.0 Å². The van der Waals surface area contributed by atoms with Gasteiger partial charge in [-0.2, -0.15) is 23.8 Å². The van der Waals surface area contributed by atoms with Crippen LogP contribution in [0.25, 0.3) is 17.1 Å². The maximum atomic E-state index is 13.2. The molecule has 224 valence electrons. The second-order valence-corrected chi connectivity index (χ2v) is 12.3. The highest BCUT2D eigenvalue weighted by Gasteiger charge is 2.39. The average molecular weight is 629 g/mol. The number of carbonyl (C=O) groups is 1. The minimum atomic E-state index is -4.97. The summed E-state index contributed by atoms with van der Waals surface area (Å²) in [5.74, 6) is -0.391. The number of halogens is 4. The number of benzene rings is 1. The molecular weight excluding hydrogens is 605 g/mol. The molecule has 18 heteroatoms. The standard InChI is InChI=1S/C24H24ClF3N8O5S/c25-16-5-3-15(4-6-16)21-32-35(23(39)34(21)12-18(37)24(26,27)28)13-19-30-14-36(31-19)17-2-1-7-29-20(17)22(38)33-8-10-42(40,41)11-9-33/h1-7,14,18,37,40-41H,8-13H2/t18-/m0/s1. The van der Waals surface area contributed by atoms with Crippen molar-refractivity contribution in [3.8, 4) is 17.1 Å². The van der Waals surface area contributed by atoms with Crippen LogP contribution in [0, 0.1) is 0 Å². The highest BCUT2D eigenvalue weighted by molar-refractivity contribution is 8.24. The molecule has 0 bridgehead atoms. The second kappa shape index (κ2) is 11.5. The van der Waals surface area contributed by atoms with E-state index in [1.165, 1.54) is 46.4 Å². The van der Waals surface area contributed by atoms with Crippen molar-refractivity contribution < 1.29 is 32.2 Å². The molecule has 1 aliphatic heterocycles. The molecule has 0 unspecified atom stereocenters. The lowest BCUT2D eigenvalue weighted by Crippen LogP contribution is -2.42. The summed E-state index contributed by atoms with van der Waals surface area (Å²) in [5, 5.41) is 18.5. The lowest BCUT2D eigenvalue weighted by molar-refractivity contribution is -0.207. The number of aromatic nitrogens is 7. The third kappa shape index (κ3) is 6.34. The number of aliphatic hydroxyl groups excluding tert-OH is 1. The van der Waals surface area contributed by atoms with Crippen LogP contribution in [0.1, 0.15) is 16.3 Å². The SMILES string of the molecule is O=C(c1ncccc1-n1cnc(Cn2nc(-c3ccc(Cl)cc3)n(C[C@H](O)C(F)(F)F)c2=O)n1)N1CCS(O)(O)CC1. The molecule has 3 aromatic heterocycles. The molecule has 1 aromatic carbocycles. The number of nitrogens with zero attached hydrogens (tertiary/aromatic N) is 8. The molecule has 5 rings (SSSR count). The van der Waals surface area contributed by atoms with Crippen LogP contribution < -0.4 is 5.69 Å². The van der Waals surface area contributed by atoms with Gasteiger partial charge in [0.15, 0.2) is 23.4 Å². The number of hydrogen-bond acceptors (Lipinski definition) is 9.